The lowest BCUT2D eigenvalue weighted by Gasteiger charge is -2.09. The van der Waals surface area contributed by atoms with Crippen molar-refractivity contribution in [2.75, 3.05) is 5.32 Å². The second kappa shape index (κ2) is 6.44. The first-order valence-corrected chi connectivity index (χ1v) is 7.43. The summed E-state index contributed by atoms with van der Waals surface area (Å²) in [6.07, 6.45) is 5.08. The molecule has 3 heterocycles. The van der Waals surface area contributed by atoms with Crippen molar-refractivity contribution in [2.24, 2.45) is 0 Å². The zero-order valence-electron chi connectivity index (χ0n) is 13.2. The SMILES string of the molecule is Cc1cc(C(=O)Nc2ccncc2)c(C)n1Cc1ccccn1. The minimum absolute atomic E-state index is 0.114. The number of aryl methyl sites for hydroxylation is 1. The van der Waals surface area contributed by atoms with Crippen LogP contribution in [0.1, 0.15) is 27.4 Å². The van der Waals surface area contributed by atoms with Crippen LogP contribution in [0.15, 0.2) is 55.0 Å². The van der Waals surface area contributed by atoms with Crippen molar-refractivity contribution in [3.05, 3.63) is 77.6 Å². The molecule has 116 valence electrons. The summed E-state index contributed by atoms with van der Waals surface area (Å²) >= 11 is 0. The Balaban J connectivity index is 1.84. The van der Waals surface area contributed by atoms with Crippen LogP contribution in [0.5, 0.6) is 0 Å². The molecule has 0 aromatic carbocycles. The van der Waals surface area contributed by atoms with Gasteiger partial charge in [-0.15, -0.1) is 0 Å². The number of hydrogen-bond donors (Lipinski definition) is 1. The van der Waals surface area contributed by atoms with Crippen molar-refractivity contribution >= 4 is 11.6 Å². The predicted octanol–water partition coefficient (Wildman–Crippen LogP) is 3.20. The fourth-order valence-corrected chi connectivity index (χ4v) is 2.56. The van der Waals surface area contributed by atoms with Gasteiger partial charge in [0.2, 0.25) is 0 Å². The van der Waals surface area contributed by atoms with E-state index in [1.165, 1.54) is 0 Å². The van der Waals surface area contributed by atoms with Crippen LogP contribution in [-0.4, -0.2) is 20.4 Å². The molecule has 0 fully saturated rings. The Labute approximate surface area is 135 Å². The van der Waals surface area contributed by atoms with E-state index >= 15 is 0 Å². The van der Waals surface area contributed by atoms with Gasteiger partial charge in [-0.2, -0.15) is 0 Å². The molecule has 23 heavy (non-hydrogen) atoms. The monoisotopic (exact) mass is 306 g/mol. The van der Waals surface area contributed by atoms with Gasteiger partial charge in [0.05, 0.1) is 17.8 Å². The first-order valence-electron chi connectivity index (χ1n) is 7.43. The van der Waals surface area contributed by atoms with Gasteiger partial charge in [-0.3, -0.25) is 14.8 Å². The Hall–Kier alpha value is -2.95. The van der Waals surface area contributed by atoms with E-state index in [0.29, 0.717) is 12.1 Å². The molecule has 5 nitrogen and oxygen atoms in total. The summed E-state index contributed by atoms with van der Waals surface area (Å²) in [6, 6.07) is 11.3. The summed E-state index contributed by atoms with van der Waals surface area (Å²) in [5.74, 6) is -0.114. The van der Waals surface area contributed by atoms with Crippen LogP contribution in [-0.2, 0) is 6.54 Å². The Kier molecular flexibility index (Phi) is 4.19. The first-order chi connectivity index (χ1) is 11.1. The molecule has 0 atom stereocenters. The minimum Gasteiger partial charge on any atom is -0.342 e. The van der Waals surface area contributed by atoms with Gasteiger partial charge < -0.3 is 9.88 Å². The fraction of sp³-hybridized carbons (Fsp3) is 0.167. The number of rotatable bonds is 4. The van der Waals surface area contributed by atoms with Gasteiger partial charge in [-0.05, 0) is 44.2 Å². The number of aromatic nitrogens is 3. The second-order valence-corrected chi connectivity index (χ2v) is 5.38. The Morgan fingerprint density at radius 2 is 1.91 bits per heavy atom. The predicted molar refractivity (Wildman–Crippen MR) is 89.4 cm³/mol. The van der Waals surface area contributed by atoms with Gasteiger partial charge in [0.25, 0.3) is 5.91 Å². The summed E-state index contributed by atoms with van der Waals surface area (Å²) in [4.78, 5) is 20.8. The lowest BCUT2D eigenvalue weighted by Crippen LogP contribution is -2.13. The third-order valence-electron chi connectivity index (χ3n) is 3.80. The standard InChI is InChI=1S/C18H18N4O/c1-13-11-17(18(23)21-15-6-9-19-10-7-15)14(2)22(13)12-16-5-3-4-8-20-16/h3-11H,12H2,1-2H3,(H,19,21,23). The van der Waals surface area contributed by atoms with Crippen LogP contribution in [0.25, 0.3) is 0 Å². The number of hydrogen-bond acceptors (Lipinski definition) is 3. The van der Waals surface area contributed by atoms with Crippen LogP contribution >= 0.6 is 0 Å². The molecular formula is C18H18N4O. The highest BCUT2D eigenvalue weighted by molar-refractivity contribution is 6.05. The molecule has 0 saturated carbocycles. The molecule has 3 rings (SSSR count). The molecule has 3 aromatic heterocycles. The number of pyridine rings is 2. The van der Waals surface area contributed by atoms with E-state index in [9.17, 15) is 4.79 Å². The third kappa shape index (κ3) is 3.29. The lowest BCUT2D eigenvalue weighted by atomic mass is 10.2. The molecule has 0 spiro atoms. The van der Waals surface area contributed by atoms with Crippen LogP contribution in [0.3, 0.4) is 0 Å². The molecule has 0 radical (unpaired) electrons. The highest BCUT2D eigenvalue weighted by atomic mass is 16.1. The average molecular weight is 306 g/mol. The van der Waals surface area contributed by atoms with Crippen molar-refractivity contribution < 1.29 is 4.79 Å². The van der Waals surface area contributed by atoms with Crippen molar-refractivity contribution in [3.8, 4) is 0 Å². The van der Waals surface area contributed by atoms with Crippen LogP contribution in [0, 0.1) is 13.8 Å². The fourth-order valence-electron chi connectivity index (χ4n) is 2.56. The van der Waals surface area contributed by atoms with Gasteiger partial charge in [0.1, 0.15) is 0 Å². The molecule has 0 bridgehead atoms. The lowest BCUT2D eigenvalue weighted by molar-refractivity contribution is 0.102. The number of amides is 1. The zero-order chi connectivity index (χ0) is 16.2. The van der Waals surface area contributed by atoms with E-state index in [0.717, 1.165) is 22.8 Å². The van der Waals surface area contributed by atoms with Crippen molar-refractivity contribution in [1.29, 1.82) is 0 Å². The molecule has 0 saturated heterocycles. The maximum absolute atomic E-state index is 12.5. The highest BCUT2D eigenvalue weighted by Gasteiger charge is 2.16. The van der Waals surface area contributed by atoms with Crippen LogP contribution < -0.4 is 5.32 Å². The van der Waals surface area contributed by atoms with Gasteiger partial charge >= 0.3 is 0 Å². The topological polar surface area (TPSA) is 59.8 Å². The maximum atomic E-state index is 12.5. The third-order valence-corrected chi connectivity index (χ3v) is 3.80. The van der Waals surface area contributed by atoms with E-state index < -0.39 is 0 Å². The van der Waals surface area contributed by atoms with E-state index in [1.54, 1.807) is 30.7 Å². The van der Waals surface area contributed by atoms with Crippen LogP contribution in [0.4, 0.5) is 5.69 Å². The largest absolute Gasteiger partial charge is 0.342 e. The molecule has 5 heteroatoms. The number of anilines is 1. The summed E-state index contributed by atoms with van der Waals surface area (Å²) < 4.78 is 2.10. The second-order valence-electron chi connectivity index (χ2n) is 5.38. The molecular weight excluding hydrogens is 288 g/mol. The van der Waals surface area contributed by atoms with E-state index in [4.69, 9.17) is 0 Å². The summed E-state index contributed by atoms with van der Waals surface area (Å²) in [5.41, 5.74) is 4.35. The molecule has 1 N–H and O–H groups in total. The molecule has 0 aliphatic carbocycles. The number of carbonyl (C=O) groups is 1. The first kappa shape index (κ1) is 15.0. The normalized spacial score (nSPS) is 10.5. The number of nitrogens with zero attached hydrogens (tertiary/aromatic N) is 3. The molecule has 0 aliphatic rings. The average Bonchev–Trinajstić information content (AvgIpc) is 2.85. The van der Waals surface area contributed by atoms with Crippen molar-refractivity contribution in [2.45, 2.75) is 20.4 Å². The van der Waals surface area contributed by atoms with E-state index in [-0.39, 0.29) is 5.91 Å². The quantitative estimate of drug-likeness (QED) is 0.805. The Bertz CT molecular complexity index is 810. The van der Waals surface area contributed by atoms with E-state index in [2.05, 4.69) is 19.9 Å². The minimum atomic E-state index is -0.114. The Morgan fingerprint density at radius 1 is 1.13 bits per heavy atom. The summed E-state index contributed by atoms with van der Waals surface area (Å²) in [7, 11) is 0. The smallest absolute Gasteiger partial charge is 0.257 e. The summed E-state index contributed by atoms with van der Waals surface area (Å²) in [6.45, 7) is 4.61. The van der Waals surface area contributed by atoms with Gasteiger partial charge in [-0.1, -0.05) is 6.07 Å². The van der Waals surface area contributed by atoms with Crippen molar-refractivity contribution in [3.63, 3.8) is 0 Å². The maximum Gasteiger partial charge on any atom is 0.257 e. The van der Waals surface area contributed by atoms with E-state index in [1.807, 2.05) is 38.1 Å². The zero-order valence-corrected chi connectivity index (χ0v) is 13.2. The Morgan fingerprint density at radius 3 is 2.61 bits per heavy atom. The van der Waals surface area contributed by atoms with Gasteiger partial charge in [0.15, 0.2) is 0 Å². The molecule has 3 aromatic rings. The molecule has 1 amide bonds. The summed E-state index contributed by atoms with van der Waals surface area (Å²) in [5, 5.41) is 2.90. The number of nitrogens with one attached hydrogen (secondary N) is 1. The molecule has 0 unspecified atom stereocenters. The van der Waals surface area contributed by atoms with Crippen LogP contribution in [0.2, 0.25) is 0 Å². The van der Waals surface area contributed by atoms with Gasteiger partial charge in [0, 0.05) is 35.7 Å². The number of carbonyl (C=O) groups excluding carboxylic acids is 1. The van der Waals surface area contributed by atoms with Crippen molar-refractivity contribution in [1.82, 2.24) is 14.5 Å². The molecule has 0 aliphatic heterocycles. The van der Waals surface area contributed by atoms with Gasteiger partial charge in [-0.25, -0.2) is 0 Å². The highest BCUT2D eigenvalue weighted by Crippen LogP contribution is 2.18.